The first-order chi connectivity index (χ1) is 7.18. The summed E-state index contributed by atoms with van der Waals surface area (Å²) in [5.41, 5.74) is -0.0147. The third-order valence-electron chi connectivity index (χ3n) is 2.47. The minimum Gasteiger partial charge on any atom is -0.476 e. The second kappa shape index (κ2) is 4.02. The fourth-order valence-electron chi connectivity index (χ4n) is 1.69. The van der Waals surface area contributed by atoms with Crippen molar-refractivity contribution >= 4 is 5.97 Å². The molecule has 0 spiro atoms. The molecule has 1 aromatic rings. The van der Waals surface area contributed by atoms with Crippen molar-refractivity contribution in [2.75, 3.05) is 6.61 Å². The first-order valence-electron chi connectivity index (χ1n) is 5.00. The molecule has 1 aliphatic rings. The van der Waals surface area contributed by atoms with Crippen LogP contribution < -0.4 is 0 Å². The van der Waals surface area contributed by atoms with Crippen LogP contribution in [-0.4, -0.2) is 22.7 Å². The van der Waals surface area contributed by atoms with Crippen LogP contribution in [0.15, 0.2) is 4.42 Å². The zero-order valence-corrected chi connectivity index (χ0v) is 8.52. The molecule has 0 aromatic carbocycles. The van der Waals surface area contributed by atoms with Crippen LogP contribution in [0.5, 0.6) is 0 Å². The number of hydrogen-bond donors (Lipinski definition) is 1. The number of aromatic nitrogens is 1. The molecule has 1 N–H and O–H groups in total. The lowest BCUT2D eigenvalue weighted by Gasteiger charge is -2.19. The molecule has 1 aliphatic heterocycles. The zero-order valence-electron chi connectivity index (χ0n) is 8.52. The molecule has 1 aromatic heterocycles. The Bertz CT molecular complexity index is 365. The largest absolute Gasteiger partial charge is 0.476 e. The summed E-state index contributed by atoms with van der Waals surface area (Å²) in [5.74, 6) is -0.324. The van der Waals surface area contributed by atoms with E-state index in [1.54, 1.807) is 6.92 Å². The van der Waals surface area contributed by atoms with Crippen molar-refractivity contribution < 1.29 is 19.1 Å². The van der Waals surface area contributed by atoms with Gasteiger partial charge in [-0.15, -0.1) is 0 Å². The van der Waals surface area contributed by atoms with Crippen LogP contribution in [-0.2, 0) is 4.74 Å². The Morgan fingerprint density at radius 3 is 2.87 bits per heavy atom. The highest BCUT2D eigenvalue weighted by Gasteiger charge is 2.24. The summed E-state index contributed by atoms with van der Waals surface area (Å²) >= 11 is 0. The molecule has 0 radical (unpaired) electrons. The highest BCUT2D eigenvalue weighted by atomic mass is 16.5. The first-order valence-corrected chi connectivity index (χ1v) is 5.00. The molecule has 0 amide bonds. The Labute approximate surface area is 87.1 Å². The van der Waals surface area contributed by atoms with Crippen LogP contribution >= 0.6 is 0 Å². The van der Waals surface area contributed by atoms with Crippen molar-refractivity contribution in [2.24, 2.45) is 0 Å². The summed E-state index contributed by atoms with van der Waals surface area (Å²) < 4.78 is 10.8. The Hall–Kier alpha value is -1.36. The maximum Gasteiger partial charge on any atom is 0.358 e. The number of hydrogen-bond acceptors (Lipinski definition) is 4. The normalized spacial score (nSPS) is 21.5. The van der Waals surface area contributed by atoms with Crippen molar-refractivity contribution in [3.05, 3.63) is 17.3 Å². The van der Waals surface area contributed by atoms with E-state index in [0.29, 0.717) is 18.3 Å². The van der Waals surface area contributed by atoms with Gasteiger partial charge in [-0.1, -0.05) is 0 Å². The molecule has 0 saturated carbocycles. The third-order valence-corrected chi connectivity index (χ3v) is 2.47. The molecule has 2 rings (SSSR count). The predicted molar refractivity (Wildman–Crippen MR) is 50.7 cm³/mol. The standard InChI is InChI=1S/C10H13NO4/c1-6-8(10(12)13)11-9(15-6)7-4-2-3-5-14-7/h7H,2-5H2,1H3,(H,12,13). The number of carboxylic acid groups (broad SMARTS) is 1. The minimum atomic E-state index is -1.06. The average molecular weight is 211 g/mol. The van der Waals surface area contributed by atoms with Gasteiger partial charge in [0.15, 0.2) is 5.69 Å². The molecule has 1 fully saturated rings. The molecule has 1 unspecified atom stereocenters. The van der Waals surface area contributed by atoms with Crippen molar-refractivity contribution in [1.29, 1.82) is 0 Å². The zero-order chi connectivity index (χ0) is 10.8. The second-order valence-electron chi connectivity index (χ2n) is 3.62. The lowest BCUT2D eigenvalue weighted by atomic mass is 10.1. The van der Waals surface area contributed by atoms with E-state index in [1.165, 1.54) is 0 Å². The number of carbonyl (C=O) groups is 1. The maximum absolute atomic E-state index is 10.8. The predicted octanol–water partition coefficient (Wildman–Crippen LogP) is 1.92. The number of oxazole rings is 1. The van der Waals surface area contributed by atoms with Gasteiger partial charge in [-0.2, -0.15) is 0 Å². The Kier molecular flexibility index (Phi) is 2.73. The van der Waals surface area contributed by atoms with Crippen LogP contribution in [0.3, 0.4) is 0 Å². The number of aromatic carboxylic acids is 1. The molecule has 15 heavy (non-hydrogen) atoms. The molecular weight excluding hydrogens is 198 g/mol. The molecule has 5 heteroatoms. The summed E-state index contributed by atoms with van der Waals surface area (Å²) in [6.45, 7) is 2.29. The van der Waals surface area contributed by atoms with Gasteiger partial charge in [0.1, 0.15) is 11.9 Å². The molecule has 5 nitrogen and oxygen atoms in total. The highest BCUT2D eigenvalue weighted by molar-refractivity contribution is 5.86. The maximum atomic E-state index is 10.8. The number of aryl methyl sites for hydroxylation is 1. The van der Waals surface area contributed by atoms with Gasteiger partial charge in [-0.05, 0) is 26.2 Å². The van der Waals surface area contributed by atoms with E-state index in [9.17, 15) is 4.79 Å². The molecule has 0 aliphatic carbocycles. The fourth-order valence-corrected chi connectivity index (χ4v) is 1.69. The summed E-state index contributed by atoms with van der Waals surface area (Å²) in [4.78, 5) is 14.7. The van der Waals surface area contributed by atoms with Gasteiger partial charge in [0.25, 0.3) is 0 Å². The minimum absolute atomic E-state index is 0.0147. The number of nitrogens with zero attached hydrogens (tertiary/aromatic N) is 1. The van der Waals surface area contributed by atoms with Crippen LogP contribution in [0.1, 0.15) is 47.5 Å². The first kappa shape index (κ1) is 10.2. The van der Waals surface area contributed by atoms with Gasteiger partial charge >= 0.3 is 5.97 Å². The molecule has 1 saturated heterocycles. The van der Waals surface area contributed by atoms with Crippen molar-refractivity contribution in [3.8, 4) is 0 Å². The summed E-state index contributed by atoms with van der Waals surface area (Å²) in [5, 5.41) is 8.81. The number of rotatable bonds is 2. The summed E-state index contributed by atoms with van der Waals surface area (Å²) in [6, 6.07) is 0. The van der Waals surface area contributed by atoms with Crippen LogP contribution in [0.4, 0.5) is 0 Å². The molecular formula is C10H13NO4. The van der Waals surface area contributed by atoms with E-state index in [1.807, 2.05) is 0 Å². The smallest absolute Gasteiger partial charge is 0.358 e. The molecule has 0 bridgehead atoms. The van der Waals surface area contributed by atoms with Crippen LogP contribution in [0, 0.1) is 6.92 Å². The quantitative estimate of drug-likeness (QED) is 0.809. The molecule has 1 atom stereocenters. The van der Waals surface area contributed by atoms with Crippen molar-refractivity contribution in [2.45, 2.75) is 32.3 Å². The van der Waals surface area contributed by atoms with Crippen molar-refractivity contribution in [1.82, 2.24) is 4.98 Å². The Balaban J connectivity index is 2.21. The monoisotopic (exact) mass is 211 g/mol. The van der Waals surface area contributed by atoms with Gasteiger partial charge in [-0.3, -0.25) is 0 Å². The van der Waals surface area contributed by atoms with Gasteiger partial charge in [-0.25, -0.2) is 9.78 Å². The van der Waals surface area contributed by atoms with E-state index >= 15 is 0 Å². The third kappa shape index (κ3) is 2.02. The lowest BCUT2D eigenvalue weighted by Crippen LogP contribution is -2.12. The Morgan fingerprint density at radius 2 is 2.33 bits per heavy atom. The number of ether oxygens (including phenoxy) is 1. The van der Waals surface area contributed by atoms with Crippen LogP contribution in [0.25, 0.3) is 0 Å². The summed E-state index contributed by atoms with van der Waals surface area (Å²) in [6.07, 6.45) is 2.78. The second-order valence-corrected chi connectivity index (χ2v) is 3.62. The van der Waals surface area contributed by atoms with E-state index in [0.717, 1.165) is 19.3 Å². The van der Waals surface area contributed by atoms with Crippen LogP contribution in [0.2, 0.25) is 0 Å². The topological polar surface area (TPSA) is 72.6 Å². The van der Waals surface area contributed by atoms with Gasteiger partial charge in [0.05, 0.1) is 0 Å². The van der Waals surface area contributed by atoms with Crippen molar-refractivity contribution in [3.63, 3.8) is 0 Å². The van der Waals surface area contributed by atoms with E-state index in [4.69, 9.17) is 14.3 Å². The highest BCUT2D eigenvalue weighted by Crippen LogP contribution is 2.28. The fraction of sp³-hybridized carbons (Fsp3) is 0.600. The SMILES string of the molecule is Cc1oc(C2CCCCO2)nc1C(=O)O. The van der Waals surface area contributed by atoms with Gasteiger partial charge in [0.2, 0.25) is 5.89 Å². The Morgan fingerprint density at radius 1 is 1.53 bits per heavy atom. The molecule has 2 heterocycles. The van der Waals surface area contributed by atoms with E-state index in [2.05, 4.69) is 4.98 Å². The van der Waals surface area contributed by atoms with E-state index < -0.39 is 5.97 Å². The number of carboxylic acids is 1. The van der Waals surface area contributed by atoms with Gasteiger partial charge in [0, 0.05) is 6.61 Å². The molecule has 82 valence electrons. The van der Waals surface area contributed by atoms with E-state index in [-0.39, 0.29) is 11.8 Å². The summed E-state index contributed by atoms with van der Waals surface area (Å²) in [7, 11) is 0. The lowest BCUT2D eigenvalue weighted by molar-refractivity contribution is -0.00188. The average Bonchev–Trinajstić information content (AvgIpc) is 2.62. The van der Waals surface area contributed by atoms with Gasteiger partial charge < -0.3 is 14.3 Å².